The Kier molecular flexibility index (Phi) is 9.59. The van der Waals surface area contributed by atoms with E-state index in [-0.39, 0.29) is 5.04 Å². The molecule has 0 aliphatic heterocycles. The topological polar surface area (TPSA) is 81.5 Å². The molecule has 7 nitrogen and oxygen atoms in total. The number of hydrogen-bond donors (Lipinski definition) is 1. The number of H-pyrrole nitrogens is 1. The van der Waals surface area contributed by atoms with Crippen LogP contribution in [0.1, 0.15) is 74.0 Å². The summed E-state index contributed by atoms with van der Waals surface area (Å²) >= 11 is 8.37. The maximum Gasteiger partial charge on any atom is 0.192 e. The first-order valence-electron chi connectivity index (χ1n) is 13.5. The number of rotatable bonds is 12. The molecule has 4 aromatic rings. The van der Waals surface area contributed by atoms with Crippen molar-refractivity contribution in [1.82, 2.24) is 30.2 Å². The number of thiophene rings is 1. The number of imidazole rings is 1. The normalized spacial score (nSPS) is 12.8. The summed E-state index contributed by atoms with van der Waals surface area (Å²) in [5.74, 6) is 1.70. The number of tetrazole rings is 1. The molecule has 0 fully saturated rings. The van der Waals surface area contributed by atoms with Gasteiger partial charge in [0.1, 0.15) is 5.82 Å². The number of halogens is 1. The summed E-state index contributed by atoms with van der Waals surface area (Å²) in [4.78, 5) is 6.44. The van der Waals surface area contributed by atoms with E-state index in [0.29, 0.717) is 25.4 Å². The number of aromatic nitrogens is 6. The van der Waals surface area contributed by atoms with Crippen LogP contribution in [0.25, 0.3) is 11.6 Å². The van der Waals surface area contributed by atoms with E-state index < -0.39 is 8.32 Å². The van der Waals surface area contributed by atoms with Crippen molar-refractivity contribution in [3.63, 3.8) is 0 Å². The molecule has 39 heavy (non-hydrogen) atoms. The number of nitrogens with zero attached hydrogens (tertiary/aromatic N) is 5. The number of aromatic amines is 1. The summed E-state index contributed by atoms with van der Waals surface area (Å²) in [6.45, 7) is 14.6. The van der Waals surface area contributed by atoms with Crippen LogP contribution in [0.3, 0.4) is 0 Å². The lowest BCUT2D eigenvalue weighted by molar-refractivity contribution is 0.272. The molecule has 3 heterocycles. The minimum atomic E-state index is -2.00. The highest BCUT2D eigenvalue weighted by atomic mass is 35.5. The summed E-state index contributed by atoms with van der Waals surface area (Å²) in [5, 5.41) is 17.9. The number of aryl methyl sites for hydroxylation is 1. The average Bonchev–Trinajstić information content (AvgIpc) is 3.65. The van der Waals surface area contributed by atoms with E-state index in [2.05, 4.69) is 95.6 Å². The first kappa shape index (κ1) is 29.4. The molecule has 3 aromatic heterocycles. The van der Waals surface area contributed by atoms with E-state index in [0.717, 1.165) is 52.6 Å². The Balaban J connectivity index is 1.86. The van der Waals surface area contributed by atoms with Gasteiger partial charge in [0.05, 0.1) is 24.5 Å². The van der Waals surface area contributed by atoms with E-state index in [1.54, 1.807) is 11.3 Å². The Labute approximate surface area is 241 Å². The zero-order valence-electron chi connectivity index (χ0n) is 23.8. The maximum atomic E-state index is 6.71. The molecule has 208 valence electrons. The fourth-order valence-electron chi connectivity index (χ4n) is 4.06. The van der Waals surface area contributed by atoms with E-state index >= 15 is 0 Å². The lowest BCUT2D eigenvalue weighted by Gasteiger charge is -2.36. The van der Waals surface area contributed by atoms with Gasteiger partial charge in [-0.25, -0.2) is 10.1 Å². The Morgan fingerprint density at radius 3 is 2.62 bits per heavy atom. The molecule has 0 spiro atoms. The first-order chi connectivity index (χ1) is 18.6. The third-order valence-electron chi connectivity index (χ3n) is 7.48. The first-order valence-corrected chi connectivity index (χ1v) is 17.7. The number of benzene rings is 1. The molecular formula is C29H39ClN6OSSi. The molecule has 0 unspecified atom stereocenters. The summed E-state index contributed by atoms with van der Waals surface area (Å²) < 4.78 is 9.01. The Morgan fingerprint density at radius 1 is 1.18 bits per heavy atom. The van der Waals surface area contributed by atoms with Crippen molar-refractivity contribution in [3.05, 3.63) is 80.3 Å². The van der Waals surface area contributed by atoms with Crippen molar-refractivity contribution in [2.24, 2.45) is 0 Å². The van der Waals surface area contributed by atoms with E-state index in [1.807, 2.05) is 18.2 Å². The van der Waals surface area contributed by atoms with Crippen LogP contribution in [0, 0.1) is 0 Å². The fraction of sp³-hybridized carbons (Fsp3) is 0.448. The zero-order chi connectivity index (χ0) is 28.0. The van der Waals surface area contributed by atoms with Gasteiger partial charge in [0.15, 0.2) is 14.1 Å². The molecule has 10 heteroatoms. The molecule has 0 bridgehead atoms. The van der Waals surface area contributed by atoms with Crippen LogP contribution in [0.5, 0.6) is 0 Å². The van der Waals surface area contributed by atoms with Crippen molar-refractivity contribution in [2.45, 2.75) is 84.7 Å². The van der Waals surface area contributed by atoms with Crippen molar-refractivity contribution < 1.29 is 4.43 Å². The zero-order valence-corrected chi connectivity index (χ0v) is 26.4. The average molecular weight is 583 g/mol. The lowest BCUT2D eigenvalue weighted by atomic mass is 10.1. The van der Waals surface area contributed by atoms with Crippen LogP contribution in [0.2, 0.25) is 23.2 Å². The van der Waals surface area contributed by atoms with Gasteiger partial charge in [-0.05, 0) is 64.1 Å². The molecule has 0 saturated carbocycles. The molecule has 1 N–H and O–H groups in total. The highest BCUT2D eigenvalue weighted by molar-refractivity contribution is 7.10. The second-order valence-electron chi connectivity index (χ2n) is 11.4. The van der Waals surface area contributed by atoms with Crippen LogP contribution >= 0.6 is 22.9 Å². The standard InChI is InChI=1S/C29H39ClN6OSSi/c1-7-8-15-27-31-25(20-37-39(5,6)29(2,3)4)26(36(27)19-21-12-9-10-14-24(21)30)18-22(28-32-34-35-33-28)17-23-13-11-16-38-23/h9-14,16,18H,7-8,15,17,19-20H2,1-6H3,(H,32,33,34,35). The molecule has 0 aliphatic rings. The van der Waals surface area contributed by atoms with Crippen molar-refractivity contribution in [1.29, 1.82) is 0 Å². The van der Waals surface area contributed by atoms with Gasteiger partial charge in [-0.15, -0.1) is 16.4 Å². The predicted molar refractivity (Wildman–Crippen MR) is 163 cm³/mol. The summed E-state index contributed by atoms with van der Waals surface area (Å²) in [6, 6.07) is 12.2. The Morgan fingerprint density at radius 2 is 1.97 bits per heavy atom. The van der Waals surface area contributed by atoms with Crippen molar-refractivity contribution in [2.75, 3.05) is 0 Å². The minimum absolute atomic E-state index is 0.101. The van der Waals surface area contributed by atoms with Crippen LogP contribution in [0.15, 0.2) is 41.8 Å². The molecule has 1 aromatic carbocycles. The van der Waals surface area contributed by atoms with Gasteiger partial charge in [-0.3, -0.25) is 0 Å². The number of hydrogen-bond acceptors (Lipinski definition) is 6. The second-order valence-corrected chi connectivity index (χ2v) is 17.6. The van der Waals surface area contributed by atoms with Gasteiger partial charge in [-0.1, -0.05) is 70.0 Å². The largest absolute Gasteiger partial charge is 0.411 e. The Hall–Kier alpha value is -2.59. The quantitative estimate of drug-likeness (QED) is 0.172. The number of nitrogens with one attached hydrogen (secondary N) is 1. The lowest BCUT2D eigenvalue weighted by Crippen LogP contribution is -2.40. The number of allylic oxidation sites excluding steroid dienone is 1. The van der Waals surface area contributed by atoms with Crippen LogP contribution in [0.4, 0.5) is 0 Å². The highest BCUT2D eigenvalue weighted by Crippen LogP contribution is 2.37. The van der Waals surface area contributed by atoms with Crippen molar-refractivity contribution in [3.8, 4) is 0 Å². The fourth-order valence-corrected chi connectivity index (χ4v) is 5.92. The van der Waals surface area contributed by atoms with Crippen molar-refractivity contribution >= 4 is 42.9 Å². The van der Waals surface area contributed by atoms with E-state index in [9.17, 15) is 0 Å². The molecule has 0 amide bonds. The Bertz CT molecular complexity index is 1370. The molecule has 0 saturated heterocycles. The second kappa shape index (κ2) is 12.7. The van der Waals surface area contributed by atoms with Crippen LogP contribution in [-0.4, -0.2) is 38.5 Å². The third kappa shape index (κ3) is 7.33. The van der Waals surface area contributed by atoms with Gasteiger partial charge in [0.25, 0.3) is 0 Å². The summed E-state index contributed by atoms with van der Waals surface area (Å²) in [5.41, 5.74) is 4.01. The minimum Gasteiger partial charge on any atom is -0.411 e. The smallest absolute Gasteiger partial charge is 0.192 e. The maximum absolute atomic E-state index is 6.71. The predicted octanol–water partition coefficient (Wildman–Crippen LogP) is 7.81. The van der Waals surface area contributed by atoms with Gasteiger partial charge < -0.3 is 8.99 Å². The molecule has 0 radical (unpaired) electrons. The third-order valence-corrected chi connectivity index (χ3v) is 13.2. The summed E-state index contributed by atoms with van der Waals surface area (Å²) in [6.07, 6.45) is 5.92. The van der Waals surface area contributed by atoms with Gasteiger partial charge in [0.2, 0.25) is 0 Å². The monoisotopic (exact) mass is 582 g/mol. The molecule has 0 atom stereocenters. The van der Waals surface area contributed by atoms with Crippen LogP contribution in [-0.2, 0) is 30.4 Å². The van der Waals surface area contributed by atoms with Gasteiger partial charge in [-0.2, -0.15) is 0 Å². The van der Waals surface area contributed by atoms with Gasteiger partial charge in [0, 0.05) is 28.3 Å². The van der Waals surface area contributed by atoms with Crippen LogP contribution < -0.4 is 0 Å². The molecule has 4 rings (SSSR count). The molecular weight excluding hydrogens is 544 g/mol. The highest BCUT2D eigenvalue weighted by Gasteiger charge is 2.37. The SMILES string of the molecule is CCCCc1nc(CO[Si](C)(C)C(C)(C)C)c(C=C(Cc2cccs2)c2nnn[nH]2)n1Cc1ccccc1Cl. The van der Waals surface area contributed by atoms with E-state index in [4.69, 9.17) is 21.0 Å². The van der Waals surface area contributed by atoms with E-state index in [1.165, 1.54) is 4.88 Å². The van der Waals surface area contributed by atoms with Gasteiger partial charge >= 0.3 is 0 Å². The molecule has 0 aliphatic carbocycles. The summed E-state index contributed by atoms with van der Waals surface area (Å²) in [7, 11) is -2.00. The number of unbranched alkanes of at least 4 members (excludes halogenated alkanes) is 1.